The molecule has 0 fully saturated rings. The molecule has 0 aliphatic carbocycles. The Kier molecular flexibility index (Phi) is 4.90. The van der Waals surface area contributed by atoms with E-state index in [0.29, 0.717) is 16.9 Å². The van der Waals surface area contributed by atoms with Gasteiger partial charge in [0.1, 0.15) is 10.7 Å². The number of ether oxygens (including phenoxy) is 1. The number of aromatic nitrogens is 1. The minimum atomic E-state index is -0.498. The fraction of sp³-hybridized carbons (Fsp3) is 0.105. The summed E-state index contributed by atoms with van der Waals surface area (Å²) in [5.41, 5.74) is 2.79. The lowest BCUT2D eigenvalue weighted by atomic mass is 10.1. The van der Waals surface area contributed by atoms with Crippen LogP contribution in [0.4, 0.5) is 5.69 Å². The van der Waals surface area contributed by atoms with Crippen molar-refractivity contribution in [3.8, 4) is 10.6 Å². The number of carbonyl (C=O) groups excluding carboxylic acids is 2. The largest absolute Gasteiger partial charge is 0.465 e. The average Bonchev–Trinajstić information content (AvgIpc) is 3.13. The van der Waals surface area contributed by atoms with Crippen molar-refractivity contribution >= 4 is 28.9 Å². The van der Waals surface area contributed by atoms with Crippen LogP contribution in [0.15, 0.2) is 53.9 Å². The number of carbonyl (C=O) groups is 2. The zero-order valence-corrected chi connectivity index (χ0v) is 14.6. The average molecular weight is 352 g/mol. The number of amides is 1. The molecule has 0 spiro atoms. The third-order valence-electron chi connectivity index (χ3n) is 3.67. The Balaban J connectivity index is 1.87. The molecule has 0 atom stereocenters. The van der Waals surface area contributed by atoms with Crippen molar-refractivity contribution in [3.63, 3.8) is 0 Å². The van der Waals surface area contributed by atoms with Crippen molar-refractivity contribution in [2.45, 2.75) is 6.92 Å². The summed E-state index contributed by atoms with van der Waals surface area (Å²) in [6.07, 6.45) is 0. The Morgan fingerprint density at radius 1 is 1.08 bits per heavy atom. The molecule has 0 saturated heterocycles. The molecule has 0 aliphatic heterocycles. The Morgan fingerprint density at radius 2 is 1.84 bits per heavy atom. The number of para-hydroxylation sites is 1. The highest BCUT2D eigenvalue weighted by Crippen LogP contribution is 2.25. The van der Waals surface area contributed by atoms with Crippen molar-refractivity contribution in [3.05, 3.63) is 70.7 Å². The van der Waals surface area contributed by atoms with Crippen LogP contribution in [-0.4, -0.2) is 24.0 Å². The van der Waals surface area contributed by atoms with E-state index in [4.69, 9.17) is 4.74 Å². The molecule has 1 aromatic heterocycles. The topological polar surface area (TPSA) is 68.3 Å². The summed E-state index contributed by atoms with van der Waals surface area (Å²) in [6, 6.07) is 14.8. The number of nitrogens with one attached hydrogen (secondary N) is 1. The molecule has 1 N–H and O–H groups in total. The van der Waals surface area contributed by atoms with E-state index in [-0.39, 0.29) is 5.91 Å². The molecule has 3 aromatic rings. The number of esters is 1. The molecule has 5 nitrogen and oxygen atoms in total. The molecule has 2 aromatic carbocycles. The van der Waals surface area contributed by atoms with Crippen LogP contribution in [0, 0.1) is 6.92 Å². The van der Waals surface area contributed by atoms with Crippen molar-refractivity contribution in [2.24, 2.45) is 0 Å². The van der Waals surface area contributed by atoms with E-state index >= 15 is 0 Å². The summed E-state index contributed by atoms with van der Waals surface area (Å²) in [5, 5.41) is 5.25. The fourth-order valence-corrected chi connectivity index (χ4v) is 3.19. The van der Waals surface area contributed by atoms with Crippen LogP contribution in [-0.2, 0) is 4.74 Å². The van der Waals surface area contributed by atoms with Gasteiger partial charge in [-0.2, -0.15) is 0 Å². The standard InChI is InChI=1S/C19H16N2O3S/c1-12-7-6-10-14(19(23)24-2)16(12)21-17(22)15-11-25-18(20-15)13-8-4-3-5-9-13/h3-11H,1-2H3,(H,21,22). The lowest BCUT2D eigenvalue weighted by Gasteiger charge is -2.11. The van der Waals surface area contributed by atoms with E-state index in [0.717, 1.165) is 16.1 Å². The highest BCUT2D eigenvalue weighted by molar-refractivity contribution is 7.13. The van der Waals surface area contributed by atoms with Gasteiger partial charge in [-0.25, -0.2) is 9.78 Å². The van der Waals surface area contributed by atoms with Crippen LogP contribution in [0.3, 0.4) is 0 Å². The predicted octanol–water partition coefficient (Wildman–Crippen LogP) is 4.16. The molecule has 3 rings (SSSR count). The van der Waals surface area contributed by atoms with Crippen LogP contribution >= 0.6 is 11.3 Å². The van der Waals surface area contributed by atoms with Gasteiger partial charge in [0, 0.05) is 10.9 Å². The van der Waals surface area contributed by atoms with Crippen molar-refractivity contribution in [2.75, 3.05) is 12.4 Å². The number of benzene rings is 2. The highest BCUT2D eigenvalue weighted by atomic mass is 32.1. The van der Waals surface area contributed by atoms with Crippen LogP contribution in [0.25, 0.3) is 10.6 Å². The molecule has 0 aliphatic rings. The smallest absolute Gasteiger partial charge is 0.339 e. The summed E-state index contributed by atoms with van der Waals surface area (Å²) in [5.74, 6) is -0.861. The maximum atomic E-state index is 12.6. The summed E-state index contributed by atoms with van der Waals surface area (Å²) in [4.78, 5) is 28.9. The van der Waals surface area contributed by atoms with E-state index in [2.05, 4.69) is 10.3 Å². The molecule has 1 heterocycles. The molecule has 6 heteroatoms. The van der Waals surface area contributed by atoms with Gasteiger partial charge in [-0.3, -0.25) is 4.79 Å². The van der Waals surface area contributed by atoms with Crippen molar-refractivity contribution < 1.29 is 14.3 Å². The summed E-state index contributed by atoms with van der Waals surface area (Å²) >= 11 is 1.40. The minimum absolute atomic E-state index is 0.308. The Labute approximate surface area is 149 Å². The first-order valence-electron chi connectivity index (χ1n) is 7.60. The zero-order chi connectivity index (χ0) is 17.8. The van der Waals surface area contributed by atoms with Gasteiger partial charge in [-0.1, -0.05) is 42.5 Å². The second-order valence-electron chi connectivity index (χ2n) is 5.35. The van der Waals surface area contributed by atoms with E-state index in [1.165, 1.54) is 18.4 Å². The fourth-order valence-electron chi connectivity index (χ4n) is 2.38. The lowest BCUT2D eigenvalue weighted by Crippen LogP contribution is -2.16. The van der Waals surface area contributed by atoms with Gasteiger partial charge >= 0.3 is 5.97 Å². The number of thiazole rings is 1. The number of aryl methyl sites for hydroxylation is 1. The number of methoxy groups -OCH3 is 1. The number of anilines is 1. The van der Waals surface area contributed by atoms with Crippen molar-refractivity contribution in [1.29, 1.82) is 0 Å². The Bertz CT molecular complexity index is 919. The van der Waals surface area contributed by atoms with Gasteiger partial charge < -0.3 is 10.1 Å². The second kappa shape index (κ2) is 7.27. The highest BCUT2D eigenvalue weighted by Gasteiger charge is 2.18. The molecule has 0 bridgehead atoms. The number of hydrogen-bond acceptors (Lipinski definition) is 5. The Hall–Kier alpha value is -2.99. The van der Waals surface area contributed by atoms with Crippen LogP contribution in [0.2, 0.25) is 0 Å². The SMILES string of the molecule is COC(=O)c1cccc(C)c1NC(=O)c1csc(-c2ccccc2)n1. The first-order chi connectivity index (χ1) is 12.1. The van der Waals surface area contributed by atoms with Crippen molar-refractivity contribution in [1.82, 2.24) is 4.98 Å². The van der Waals surface area contributed by atoms with Crippen LogP contribution < -0.4 is 5.32 Å². The first-order valence-corrected chi connectivity index (χ1v) is 8.48. The number of rotatable bonds is 4. The van der Waals surface area contributed by atoms with Gasteiger partial charge in [0.05, 0.1) is 18.4 Å². The number of nitrogens with zero attached hydrogens (tertiary/aromatic N) is 1. The monoisotopic (exact) mass is 352 g/mol. The lowest BCUT2D eigenvalue weighted by molar-refractivity contribution is 0.0602. The van der Waals surface area contributed by atoms with Gasteiger partial charge in [0.2, 0.25) is 0 Å². The Morgan fingerprint density at radius 3 is 2.56 bits per heavy atom. The minimum Gasteiger partial charge on any atom is -0.465 e. The van der Waals surface area contributed by atoms with E-state index in [9.17, 15) is 9.59 Å². The molecule has 0 radical (unpaired) electrons. The van der Waals surface area contributed by atoms with Gasteiger partial charge in [-0.05, 0) is 18.6 Å². The first kappa shape index (κ1) is 16.9. The van der Waals surface area contributed by atoms with Crippen LogP contribution in [0.1, 0.15) is 26.4 Å². The number of hydrogen-bond donors (Lipinski definition) is 1. The van der Waals surface area contributed by atoms with E-state index < -0.39 is 5.97 Å². The second-order valence-corrected chi connectivity index (χ2v) is 6.21. The van der Waals surface area contributed by atoms with E-state index in [1.54, 1.807) is 17.5 Å². The molecule has 0 unspecified atom stereocenters. The quantitative estimate of drug-likeness (QED) is 0.716. The molecule has 1 amide bonds. The van der Waals surface area contributed by atoms with Gasteiger partial charge in [-0.15, -0.1) is 11.3 Å². The molecule has 25 heavy (non-hydrogen) atoms. The third-order valence-corrected chi connectivity index (χ3v) is 4.57. The predicted molar refractivity (Wildman–Crippen MR) is 98.0 cm³/mol. The van der Waals surface area contributed by atoms with Gasteiger partial charge in [0.25, 0.3) is 5.91 Å². The molecule has 126 valence electrons. The molecular formula is C19H16N2O3S. The maximum absolute atomic E-state index is 12.6. The maximum Gasteiger partial charge on any atom is 0.339 e. The summed E-state index contributed by atoms with van der Waals surface area (Å²) in [6.45, 7) is 1.82. The summed E-state index contributed by atoms with van der Waals surface area (Å²) < 4.78 is 4.78. The van der Waals surface area contributed by atoms with Gasteiger partial charge in [0.15, 0.2) is 0 Å². The summed E-state index contributed by atoms with van der Waals surface area (Å²) in [7, 11) is 1.31. The molecular weight excluding hydrogens is 336 g/mol. The van der Waals surface area contributed by atoms with E-state index in [1.807, 2.05) is 43.3 Å². The normalized spacial score (nSPS) is 10.3. The molecule has 0 saturated carbocycles. The third kappa shape index (κ3) is 3.59. The van der Waals surface area contributed by atoms with Crippen LogP contribution in [0.5, 0.6) is 0 Å². The zero-order valence-electron chi connectivity index (χ0n) is 13.8.